The number of hydrogen-bond acceptors (Lipinski definition) is 4. The summed E-state index contributed by atoms with van der Waals surface area (Å²) < 4.78 is 13.3. The molecule has 0 aliphatic rings. The van der Waals surface area contributed by atoms with Crippen molar-refractivity contribution in [2.75, 3.05) is 0 Å². The molecule has 0 amide bonds. The van der Waals surface area contributed by atoms with E-state index in [4.69, 9.17) is 0 Å². The van der Waals surface area contributed by atoms with Gasteiger partial charge < -0.3 is 0 Å². The topological polar surface area (TPSA) is 54.5 Å². The Kier molecular flexibility index (Phi) is 1.89. The highest BCUT2D eigenvalue weighted by atomic mass is 79.9. The Morgan fingerprint density at radius 2 is 2.42 bits per heavy atom. The van der Waals surface area contributed by atoms with Crippen LogP contribution in [0.4, 0.5) is 4.39 Å². The molecule has 0 saturated heterocycles. The summed E-state index contributed by atoms with van der Waals surface area (Å²) in [5, 5.41) is 12.9. The van der Waals surface area contributed by atoms with E-state index in [0.717, 1.165) is 11.3 Å². The van der Waals surface area contributed by atoms with Crippen LogP contribution in [0.2, 0.25) is 0 Å². The van der Waals surface area contributed by atoms with E-state index < -0.39 is 0 Å². The third-order valence-electron chi connectivity index (χ3n) is 1.21. The zero-order valence-corrected chi connectivity index (χ0v) is 7.99. The highest BCUT2D eigenvalue weighted by molar-refractivity contribution is 9.10. The molecule has 0 unspecified atom stereocenters. The minimum atomic E-state index is -0.276. The Hall–Kier alpha value is -0.820. The molecular formula is C5H2BrFN4S. The van der Waals surface area contributed by atoms with Crippen molar-refractivity contribution in [3.05, 3.63) is 15.7 Å². The maximum absolute atomic E-state index is 12.7. The van der Waals surface area contributed by atoms with Gasteiger partial charge in [0.25, 0.3) is 0 Å². The van der Waals surface area contributed by atoms with Crippen LogP contribution >= 0.6 is 27.3 Å². The maximum Gasteiger partial charge on any atom is 0.215 e. The van der Waals surface area contributed by atoms with E-state index >= 15 is 0 Å². The zero-order valence-electron chi connectivity index (χ0n) is 5.58. The summed E-state index contributed by atoms with van der Waals surface area (Å²) in [6.07, 6.45) is 0. The lowest BCUT2D eigenvalue weighted by atomic mass is 10.4. The van der Waals surface area contributed by atoms with Gasteiger partial charge in [0, 0.05) is 10.5 Å². The minimum Gasteiger partial charge on any atom is -0.195 e. The van der Waals surface area contributed by atoms with Gasteiger partial charge in [-0.2, -0.15) is 9.60 Å². The smallest absolute Gasteiger partial charge is 0.195 e. The molecule has 0 aliphatic heterocycles. The second-order valence-electron chi connectivity index (χ2n) is 1.96. The van der Waals surface area contributed by atoms with Crippen LogP contribution in [0.5, 0.6) is 0 Å². The molecule has 62 valence electrons. The first-order valence-electron chi connectivity index (χ1n) is 2.96. The van der Waals surface area contributed by atoms with Crippen molar-refractivity contribution in [1.82, 2.24) is 20.6 Å². The fourth-order valence-electron chi connectivity index (χ4n) is 0.751. The van der Waals surface area contributed by atoms with Crippen LogP contribution in [0, 0.1) is 5.13 Å². The number of H-pyrrole nitrogens is 1. The monoisotopic (exact) mass is 248 g/mol. The van der Waals surface area contributed by atoms with Gasteiger partial charge in [-0.05, 0) is 21.1 Å². The molecule has 0 spiro atoms. The van der Waals surface area contributed by atoms with Crippen LogP contribution < -0.4 is 0 Å². The molecule has 0 aromatic carbocycles. The van der Waals surface area contributed by atoms with Gasteiger partial charge in [0.2, 0.25) is 5.82 Å². The third kappa shape index (κ3) is 1.25. The average molecular weight is 249 g/mol. The van der Waals surface area contributed by atoms with Crippen molar-refractivity contribution < 1.29 is 4.39 Å². The lowest BCUT2D eigenvalue weighted by molar-refractivity contribution is 0.657. The molecule has 2 aromatic heterocycles. The maximum atomic E-state index is 12.7. The summed E-state index contributed by atoms with van der Waals surface area (Å²) in [6.45, 7) is 0. The number of thiophene rings is 1. The van der Waals surface area contributed by atoms with Crippen molar-refractivity contribution in [1.29, 1.82) is 0 Å². The molecule has 0 atom stereocenters. The molecule has 2 aromatic rings. The first-order valence-corrected chi connectivity index (χ1v) is 4.57. The fraction of sp³-hybridized carbons (Fsp3) is 0. The predicted molar refractivity (Wildman–Crippen MR) is 45.1 cm³/mol. The normalized spacial score (nSPS) is 10.5. The summed E-state index contributed by atoms with van der Waals surface area (Å²) >= 11 is 4.16. The highest BCUT2D eigenvalue weighted by Crippen LogP contribution is 2.32. The van der Waals surface area contributed by atoms with Crippen molar-refractivity contribution in [3.8, 4) is 10.7 Å². The van der Waals surface area contributed by atoms with E-state index in [1.54, 1.807) is 0 Å². The second kappa shape index (κ2) is 2.91. The van der Waals surface area contributed by atoms with Gasteiger partial charge >= 0.3 is 0 Å². The van der Waals surface area contributed by atoms with Crippen LogP contribution in [0.25, 0.3) is 10.7 Å². The van der Waals surface area contributed by atoms with Crippen molar-refractivity contribution >= 4 is 27.3 Å². The standard InChI is InChI=1S/C5H2BrFN4S/c6-2-1-3(7)12-4(2)5-8-10-11-9-5/h1H,(H,8,9,10,11). The van der Waals surface area contributed by atoms with Gasteiger partial charge in [-0.1, -0.05) is 0 Å². The van der Waals surface area contributed by atoms with Gasteiger partial charge in [0.05, 0.1) is 4.88 Å². The predicted octanol–water partition coefficient (Wildman–Crippen LogP) is 1.83. The van der Waals surface area contributed by atoms with E-state index in [0.29, 0.717) is 15.2 Å². The quantitative estimate of drug-likeness (QED) is 0.838. The number of hydrogen-bond donors (Lipinski definition) is 1. The SMILES string of the molecule is Fc1cc(Br)c(-c2nn[nH]n2)s1. The molecule has 4 nitrogen and oxygen atoms in total. The average Bonchev–Trinajstić information content (AvgIpc) is 2.58. The van der Waals surface area contributed by atoms with Crippen LogP contribution in [-0.2, 0) is 0 Å². The number of nitrogens with zero attached hydrogens (tertiary/aromatic N) is 3. The number of nitrogens with one attached hydrogen (secondary N) is 1. The molecule has 2 rings (SSSR count). The van der Waals surface area contributed by atoms with Crippen molar-refractivity contribution in [3.63, 3.8) is 0 Å². The third-order valence-corrected chi connectivity index (χ3v) is 3.01. The summed E-state index contributed by atoms with van der Waals surface area (Å²) in [7, 11) is 0. The number of aromatic amines is 1. The van der Waals surface area contributed by atoms with Crippen LogP contribution in [-0.4, -0.2) is 20.6 Å². The highest BCUT2D eigenvalue weighted by Gasteiger charge is 2.12. The first-order chi connectivity index (χ1) is 5.77. The molecule has 0 bridgehead atoms. The molecule has 0 saturated carbocycles. The lowest BCUT2D eigenvalue weighted by Crippen LogP contribution is -1.75. The van der Waals surface area contributed by atoms with Crippen molar-refractivity contribution in [2.45, 2.75) is 0 Å². The van der Waals surface area contributed by atoms with Gasteiger partial charge in [-0.15, -0.1) is 21.5 Å². The van der Waals surface area contributed by atoms with Crippen molar-refractivity contribution in [2.24, 2.45) is 0 Å². The van der Waals surface area contributed by atoms with E-state index in [-0.39, 0.29) is 5.13 Å². The minimum absolute atomic E-state index is 0.276. The summed E-state index contributed by atoms with van der Waals surface area (Å²) in [6, 6.07) is 1.37. The van der Waals surface area contributed by atoms with E-state index in [1.807, 2.05) is 0 Å². The van der Waals surface area contributed by atoms with Gasteiger partial charge in [-0.3, -0.25) is 0 Å². The number of rotatable bonds is 1. The number of halogens is 2. The Morgan fingerprint density at radius 1 is 1.58 bits per heavy atom. The lowest BCUT2D eigenvalue weighted by Gasteiger charge is -1.85. The van der Waals surface area contributed by atoms with Gasteiger partial charge in [0.15, 0.2) is 5.13 Å². The second-order valence-corrected chi connectivity index (χ2v) is 3.82. The van der Waals surface area contributed by atoms with Crippen LogP contribution in [0.3, 0.4) is 0 Å². The molecule has 12 heavy (non-hydrogen) atoms. The zero-order chi connectivity index (χ0) is 8.55. The summed E-state index contributed by atoms with van der Waals surface area (Å²) in [5.41, 5.74) is 0. The number of aromatic nitrogens is 4. The Balaban J connectivity index is 2.54. The Bertz CT molecular complexity index is 384. The van der Waals surface area contributed by atoms with E-state index in [1.165, 1.54) is 6.07 Å². The van der Waals surface area contributed by atoms with Gasteiger partial charge in [0.1, 0.15) is 0 Å². The molecule has 7 heteroatoms. The molecule has 0 radical (unpaired) electrons. The fourth-order valence-corrected chi connectivity index (χ4v) is 2.23. The largest absolute Gasteiger partial charge is 0.215 e. The van der Waals surface area contributed by atoms with E-state index in [9.17, 15) is 4.39 Å². The Morgan fingerprint density at radius 3 is 2.92 bits per heavy atom. The first kappa shape index (κ1) is 7.81. The van der Waals surface area contributed by atoms with Gasteiger partial charge in [-0.25, -0.2) is 0 Å². The summed E-state index contributed by atoms with van der Waals surface area (Å²) in [4.78, 5) is 0.640. The molecule has 1 N–H and O–H groups in total. The van der Waals surface area contributed by atoms with Crippen LogP contribution in [0.1, 0.15) is 0 Å². The summed E-state index contributed by atoms with van der Waals surface area (Å²) in [5.74, 6) is 0.399. The number of tetrazole rings is 1. The Labute approximate surface area is 78.9 Å². The molecule has 0 aliphatic carbocycles. The van der Waals surface area contributed by atoms with Crippen LogP contribution in [0.15, 0.2) is 10.5 Å². The van der Waals surface area contributed by atoms with E-state index in [2.05, 4.69) is 36.6 Å². The molecule has 0 fully saturated rings. The molecule has 2 heterocycles. The molecular weight excluding hydrogens is 247 g/mol.